The van der Waals surface area contributed by atoms with Crippen LogP contribution in [-0.4, -0.2) is 43.6 Å². The van der Waals surface area contributed by atoms with Crippen molar-refractivity contribution in [2.45, 2.75) is 18.9 Å². The van der Waals surface area contributed by atoms with Crippen molar-refractivity contribution in [3.63, 3.8) is 0 Å². The third kappa shape index (κ3) is 3.53. The van der Waals surface area contributed by atoms with Crippen molar-refractivity contribution in [3.05, 3.63) is 54.1 Å². The Labute approximate surface area is 153 Å². The highest BCUT2D eigenvalue weighted by Gasteiger charge is 2.34. The summed E-state index contributed by atoms with van der Waals surface area (Å²) in [6.07, 6.45) is 2.38. The molecule has 2 aromatic rings. The molecule has 0 radical (unpaired) electrons. The molecule has 3 saturated heterocycles. The smallest absolute Gasteiger partial charge is 0.251 e. The van der Waals surface area contributed by atoms with Gasteiger partial charge in [-0.05, 0) is 68.2 Å². The number of amides is 1. The third-order valence-electron chi connectivity index (χ3n) is 5.39. The number of methoxy groups -OCH3 is 1. The lowest BCUT2D eigenvalue weighted by molar-refractivity contribution is 0.0620. The van der Waals surface area contributed by atoms with Gasteiger partial charge in [-0.15, -0.1) is 0 Å². The average Bonchev–Trinajstić information content (AvgIpc) is 2.70. The van der Waals surface area contributed by atoms with Gasteiger partial charge in [0.1, 0.15) is 5.75 Å². The topological polar surface area (TPSA) is 50.8 Å². The molecule has 1 N–H and O–H groups in total. The Morgan fingerprint density at radius 3 is 2.35 bits per heavy atom. The van der Waals surface area contributed by atoms with Crippen LogP contribution in [0, 0.1) is 5.92 Å². The molecule has 3 aliphatic rings. The second-order valence-electron chi connectivity index (χ2n) is 7.00. The molecule has 5 nitrogen and oxygen atoms in total. The number of hydrogen-bond acceptors (Lipinski definition) is 4. The lowest BCUT2D eigenvalue weighted by atomic mass is 9.84. The first kappa shape index (κ1) is 16.9. The van der Waals surface area contributed by atoms with Gasteiger partial charge in [0, 0.05) is 18.2 Å². The molecule has 0 spiro atoms. The fraction of sp³-hybridized carbons (Fsp3) is 0.381. The second kappa shape index (κ2) is 7.38. The summed E-state index contributed by atoms with van der Waals surface area (Å²) in [4.78, 5) is 15.0. The normalized spacial score (nSPS) is 24.1. The van der Waals surface area contributed by atoms with Crippen molar-refractivity contribution in [3.8, 4) is 17.2 Å². The maximum absolute atomic E-state index is 12.6. The quantitative estimate of drug-likeness (QED) is 0.897. The van der Waals surface area contributed by atoms with E-state index in [1.165, 1.54) is 25.9 Å². The largest absolute Gasteiger partial charge is 0.493 e. The fourth-order valence-corrected chi connectivity index (χ4v) is 3.88. The molecule has 0 aromatic heterocycles. The van der Waals surface area contributed by atoms with Crippen LogP contribution in [0.25, 0.3) is 0 Å². The molecule has 1 unspecified atom stereocenters. The number of ether oxygens (including phenoxy) is 2. The van der Waals surface area contributed by atoms with Crippen molar-refractivity contribution < 1.29 is 14.3 Å². The van der Waals surface area contributed by atoms with Crippen molar-refractivity contribution in [1.82, 2.24) is 10.2 Å². The Kier molecular flexibility index (Phi) is 4.80. The molecule has 2 aromatic carbocycles. The molecular weight excluding hydrogens is 328 g/mol. The lowest BCUT2D eigenvalue weighted by Crippen LogP contribution is -2.57. The van der Waals surface area contributed by atoms with E-state index in [1.54, 1.807) is 19.2 Å². The summed E-state index contributed by atoms with van der Waals surface area (Å²) in [7, 11) is 1.62. The summed E-state index contributed by atoms with van der Waals surface area (Å²) in [5.74, 6) is 2.62. The van der Waals surface area contributed by atoms with Gasteiger partial charge in [0.2, 0.25) is 0 Å². The number of rotatable bonds is 5. The third-order valence-corrected chi connectivity index (χ3v) is 5.39. The van der Waals surface area contributed by atoms with Gasteiger partial charge < -0.3 is 19.7 Å². The molecule has 3 aliphatic heterocycles. The first-order valence-electron chi connectivity index (χ1n) is 9.17. The zero-order valence-corrected chi connectivity index (χ0v) is 15.0. The van der Waals surface area contributed by atoms with Crippen LogP contribution in [0.1, 0.15) is 23.2 Å². The van der Waals surface area contributed by atoms with Gasteiger partial charge in [0.05, 0.1) is 7.11 Å². The molecule has 2 bridgehead atoms. The molecule has 136 valence electrons. The predicted molar refractivity (Wildman–Crippen MR) is 99.9 cm³/mol. The number of hydrogen-bond donors (Lipinski definition) is 1. The number of carbonyl (C=O) groups excluding carboxylic acids is 1. The van der Waals surface area contributed by atoms with Crippen LogP contribution in [0.4, 0.5) is 0 Å². The summed E-state index contributed by atoms with van der Waals surface area (Å²) in [6, 6.07) is 15.0. The average molecular weight is 352 g/mol. The molecule has 1 amide bonds. The maximum atomic E-state index is 12.6. The summed E-state index contributed by atoms with van der Waals surface area (Å²) >= 11 is 0. The highest BCUT2D eigenvalue weighted by atomic mass is 16.5. The number of nitrogens with zero attached hydrogens (tertiary/aromatic N) is 1. The molecule has 3 heterocycles. The number of nitrogens with one attached hydrogen (secondary N) is 1. The van der Waals surface area contributed by atoms with Crippen molar-refractivity contribution in [1.29, 1.82) is 0 Å². The predicted octanol–water partition coefficient (Wildman–Crippen LogP) is 3.31. The van der Waals surface area contributed by atoms with Crippen molar-refractivity contribution in [2.24, 2.45) is 5.92 Å². The molecular formula is C21H24N2O3. The van der Waals surface area contributed by atoms with E-state index in [1.807, 2.05) is 36.4 Å². The monoisotopic (exact) mass is 352 g/mol. The summed E-state index contributed by atoms with van der Waals surface area (Å²) in [5, 5.41) is 3.21. The Bertz CT molecular complexity index is 767. The molecule has 5 rings (SSSR count). The van der Waals surface area contributed by atoms with E-state index in [2.05, 4.69) is 10.2 Å². The van der Waals surface area contributed by atoms with Crippen LogP contribution in [-0.2, 0) is 0 Å². The Hall–Kier alpha value is -2.53. The van der Waals surface area contributed by atoms with E-state index in [0.29, 0.717) is 28.7 Å². The van der Waals surface area contributed by atoms with Gasteiger partial charge in [-0.1, -0.05) is 12.1 Å². The van der Waals surface area contributed by atoms with Crippen LogP contribution in [0.3, 0.4) is 0 Å². The summed E-state index contributed by atoms with van der Waals surface area (Å²) in [6.45, 7) is 3.32. The van der Waals surface area contributed by atoms with Gasteiger partial charge in [-0.3, -0.25) is 4.79 Å². The van der Waals surface area contributed by atoms with Gasteiger partial charge >= 0.3 is 0 Å². The van der Waals surface area contributed by atoms with Crippen LogP contribution in [0.2, 0.25) is 0 Å². The van der Waals surface area contributed by atoms with Crippen molar-refractivity contribution >= 4 is 5.91 Å². The van der Waals surface area contributed by atoms with E-state index in [9.17, 15) is 4.79 Å². The number of benzene rings is 2. The van der Waals surface area contributed by atoms with Crippen LogP contribution in [0.5, 0.6) is 17.2 Å². The molecule has 0 saturated carbocycles. The van der Waals surface area contributed by atoms with E-state index >= 15 is 0 Å². The maximum Gasteiger partial charge on any atom is 0.251 e. The fourth-order valence-electron chi connectivity index (χ4n) is 3.88. The highest BCUT2D eigenvalue weighted by molar-refractivity contribution is 5.94. The first-order chi connectivity index (χ1) is 12.7. The minimum atomic E-state index is -0.00686. The Morgan fingerprint density at radius 1 is 1.04 bits per heavy atom. The van der Waals surface area contributed by atoms with Crippen molar-refractivity contribution in [2.75, 3.05) is 26.7 Å². The van der Waals surface area contributed by atoms with Crippen LogP contribution >= 0.6 is 0 Å². The standard InChI is InChI=1S/C21H24N2O3/c1-25-19-4-2-3-5-20(19)26-17-8-6-16(7-9-17)21(24)22-18-14-23-12-10-15(18)11-13-23/h2-9,15,18H,10-14H2,1H3,(H,22,24). The Morgan fingerprint density at radius 2 is 1.73 bits per heavy atom. The summed E-state index contributed by atoms with van der Waals surface area (Å²) < 4.78 is 11.2. The zero-order chi connectivity index (χ0) is 17.9. The minimum Gasteiger partial charge on any atom is -0.493 e. The molecule has 1 atom stereocenters. The lowest BCUT2D eigenvalue weighted by Gasteiger charge is -2.44. The SMILES string of the molecule is COc1ccccc1Oc1ccc(C(=O)NC2CN3CCC2CC3)cc1. The number of para-hydroxylation sites is 2. The first-order valence-corrected chi connectivity index (χ1v) is 9.17. The van der Waals surface area contributed by atoms with E-state index in [0.717, 1.165) is 6.54 Å². The van der Waals surface area contributed by atoms with Crippen LogP contribution < -0.4 is 14.8 Å². The minimum absolute atomic E-state index is 0.00686. The number of carbonyl (C=O) groups is 1. The van der Waals surface area contributed by atoms with E-state index < -0.39 is 0 Å². The summed E-state index contributed by atoms with van der Waals surface area (Å²) in [5.41, 5.74) is 0.661. The molecule has 0 aliphatic carbocycles. The van der Waals surface area contributed by atoms with Gasteiger partial charge in [-0.2, -0.15) is 0 Å². The molecule has 5 heteroatoms. The Balaban J connectivity index is 1.40. The van der Waals surface area contributed by atoms with Crippen LogP contribution in [0.15, 0.2) is 48.5 Å². The second-order valence-corrected chi connectivity index (χ2v) is 7.00. The van der Waals surface area contributed by atoms with E-state index in [4.69, 9.17) is 9.47 Å². The van der Waals surface area contributed by atoms with Gasteiger partial charge in [0.25, 0.3) is 5.91 Å². The molecule has 3 fully saturated rings. The highest BCUT2D eigenvalue weighted by Crippen LogP contribution is 2.31. The zero-order valence-electron chi connectivity index (χ0n) is 15.0. The van der Waals surface area contributed by atoms with Gasteiger partial charge in [0.15, 0.2) is 11.5 Å². The van der Waals surface area contributed by atoms with E-state index in [-0.39, 0.29) is 11.9 Å². The number of fused-ring (bicyclic) bond motifs is 3. The van der Waals surface area contributed by atoms with Gasteiger partial charge in [-0.25, -0.2) is 0 Å². The molecule has 26 heavy (non-hydrogen) atoms. The number of piperidine rings is 3.